The van der Waals surface area contributed by atoms with E-state index in [-0.39, 0.29) is 29.3 Å². The first-order valence-corrected chi connectivity index (χ1v) is 10.1. The van der Waals surface area contributed by atoms with Gasteiger partial charge in [-0.25, -0.2) is 4.39 Å². The largest absolute Gasteiger partial charge is 0.371 e. The minimum atomic E-state index is -0.278. The summed E-state index contributed by atoms with van der Waals surface area (Å²) >= 11 is 0. The number of aromatic nitrogens is 1. The van der Waals surface area contributed by atoms with Gasteiger partial charge in [-0.15, -0.1) is 0 Å². The summed E-state index contributed by atoms with van der Waals surface area (Å²) in [6, 6.07) is 12.1. The van der Waals surface area contributed by atoms with Gasteiger partial charge in [0.15, 0.2) is 0 Å². The van der Waals surface area contributed by atoms with Gasteiger partial charge >= 0.3 is 0 Å². The van der Waals surface area contributed by atoms with Crippen molar-refractivity contribution in [2.75, 3.05) is 13.2 Å². The van der Waals surface area contributed by atoms with E-state index in [4.69, 9.17) is 4.74 Å². The molecule has 1 aromatic carbocycles. The van der Waals surface area contributed by atoms with Crippen LogP contribution in [0.1, 0.15) is 55.3 Å². The Morgan fingerprint density at radius 1 is 1.25 bits per heavy atom. The molecule has 0 unspecified atom stereocenters. The number of amides is 1. The number of carbonyl (C=O) groups is 1. The number of benzene rings is 1. The van der Waals surface area contributed by atoms with Gasteiger partial charge in [0.25, 0.3) is 5.91 Å². The number of likely N-dealkylation sites (tertiary alicyclic amines) is 1. The van der Waals surface area contributed by atoms with Crippen molar-refractivity contribution in [1.29, 1.82) is 0 Å². The van der Waals surface area contributed by atoms with Crippen molar-refractivity contribution in [3.05, 3.63) is 65.7 Å². The molecule has 0 radical (unpaired) electrons. The molecule has 2 fully saturated rings. The lowest BCUT2D eigenvalue weighted by atomic mass is 9.74. The van der Waals surface area contributed by atoms with Crippen LogP contribution in [0.15, 0.2) is 48.7 Å². The van der Waals surface area contributed by atoms with Gasteiger partial charge in [0.05, 0.1) is 18.2 Å². The topological polar surface area (TPSA) is 42.4 Å². The average Bonchev–Trinajstić information content (AvgIpc) is 3.11. The summed E-state index contributed by atoms with van der Waals surface area (Å²) in [4.78, 5) is 19.4. The summed E-state index contributed by atoms with van der Waals surface area (Å²) < 4.78 is 19.8. The quantitative estimate of drug-likeness (QED) is 0.777. The highest BCUT2D eigenvalue weighted by Gasteiger charge is 2.50. The fourth-order valence-electron chi connectivity index (χ4n) is 4.80. The van der Waals surface area contributed by atoms with Crippen molar-refractivity contribution in [3.63, 3.8) is 0 Å². The van der Waals surface area contributed by atoms with Crippen molar-refractivity contribution < 1.29 is 13.9 Å². The van der Waals surface area contributed by atoms with E-state index < -0.39 is 0 Å². The molecule has 1 aromatic heterocycles. The van der Waals surface area contributed by atoms with Crippen LogP contribution < -0.4 is 0 Å². The molecule has 0 N–H and O–H groups in total. The third kappa shape index (κ3) is 3.44. The van der Waals surface area contributed by atoms with E-state index in [1.165, 1.54) is 12.1 Å². The van der Waals surface area contributed by atoms with E-state index in [9.17, 15) is 9.18 Å². The molecule has 3 heterocycles. The van der Waals surface area contributed by atoms with Crippen LogP contribution in [0.3, 0.4) is 0 Å². The standard InChI is InChI=1S/C23H27FN2O2/c1-16(2)19-14-23(15-28-21(19)17-7-9-18(24)10-8-17)11-5-13-26(23)22(27)20-6-3-4-12-25-20/h3-4,6-10,12,16,19,21H,5,11,13-15H2,1-2H3/t19-,21-,23-/m0/s1. The minimum Gasteiger partial charge on any atom is -0.371 e. The lowest BCUT2D eigenvalue weighted by Gasteiger charge is -2.48. The molecular formula is C23H27FN2O2. The van der Waals surface area contributed by atoms with Crippen molar-refractivity contribution in [2.24, 2.45) is 11.8 Å². The molecule has 1 amide bonds. The van der Waals surface area contributed by atoms with Gasteiger partial charge in [0.2, 0.25) is 0 Å². The van der Waals surface area contributed by atoms with Crippen molar-refractivity contribution in [2.45, 2.75) is 44.8 Å². The third-order valence-corrected chi connectivity index (χ3v) is 6.32. The zero-order valence-electron chi connectivity index (χ0n) is 16.5. The molecule has 1 spiro atoms. The Balaban J connectivity index is 1.60. The first kappa shape index (κ1) is 19.1. The molecule has 5 heteroatoms. The number of hydrogen-bond acceptors (Lipinski definition) is 3. The highest BCUT2D eigenvalue weighted by molar-refractivity contribution is 5.93. The van der Waals surface area contributed by atoms with E-state index in [0.29, 0.717) is 18.2 Å². The summed E-state index contributed by atoms with van der Waals surface area (Å²) in [7, 11) is 0. The molecule has 2 saturated heterocycles. The number of halogens is 1. The number of nitrogens with zero attached hydrogens (tertiary/aromatic N) is 2. The van der Waals surface area contributed by atoms with Crippen LogP contribution in [0, 0.1) is 17.7 Å². The second kappa shape index (κ2) is 7.63. The summed E-state index contributed by atoms with van der Waals surface area (Å²) in [5, 5.41) is 0. The maximum Gasteiger partial charge on any atom is 0.272 e. The van der Waals surface area contributed by atoms with Gasteiger partial charge in [-0.05, 0) is 60.9 Å². The molecule has 0 bridgehead atoms. The van der Waals surface area contributed by atoms with Crippen molar-refractivity contribution in [3.8, 4) is 0 Å². The lowest BCUT2D eigenvalue weighted by molar-refractivity contribution is -0.112. The molecule has 4 nitrogen and oxygen atoms in total. The molecule has 0 aliphatic carbocycles. The molecule has 2 aromatic rings. The zero-order valence-corrected chi connectivity index (χ0v) is 16.5. The van der Waals surface area contributed by atoms with Crippen LogP contribution in [-0.4, -0.2) is 34.5 Å². The Labute approximate surface area is 165 Å². The molecule has 4 rings (SSSR count). The van der Waals surface area contributed by atoms with E-state index in [1.54, 1.807) is 12.3 Å². The van der Waals surface area contributed by atoms with Crippen molar-refractivity contribution in [1.82, 2.24) is 9.88 Å². The highest BCUT2D eigenvalue weighted by Crippen LogP contribution is 2.47. The van der Waals surface area contributed by atoms with Crippen LogP contribution in [0.4, 0.5) is 4.39 Å². The van der Waals surface area contributed by atoms with Gasteiger partial charge in [0, 0.05) is 12.7 Å². The van der Waals surface area contributed by atoms with Crippen LogP contribution in [0.25, 0.3) is 0 Å². The summed E-state index contributed by atoms with van der Waals surface area (Å²) in [5.74, 6) is 0.403. The van der Waals surface area contributed by atoms with Gasteiger partial charge in [-0.3, -0.25) is 9.78 Å². The zero-order chi connectivity index (χ0) is 19.7. The molecule has 0 saturated carbocycles. The number of ether oxygens (including phenoxy) is 1. The van der Waals surface area contributed by atoms with Gasteiger partial charge in [-0.2, -0.15) is 0 Å². The smallest absolute Gasteiger partial charge is 0.272 e. The van der Waals surface area contributed by atoms with E-state index in [0.717, 1.165) is 31.4 Å². The Kier molecular flexibility index (Phi) is 5.19. The number of pyridine rings is 1. The third-order valence-electron chi connectivity index (χ3n) is 6.32. The van der Waals surface area contributed by atoms with E-state index in [2.05, 4.69) is 18.8 Å². The first-order valence-electron chi connectivity index (χ1n) is 10.1. The van der Waals surface area contributed by atoms with E-state index in [1.807, 2.05) is 29.2 Å². The molecule has 2 aliphatic heterocycles. The normalized spacial score (nSPS) is 27.5. The second-order valence-corrected chi connectivity index (χ2v) is 8.39. The number of carbonyl (C=O) groups excluding carboxylic acids is 1. The highest BCUT2D eigenvalue weighted by atomic mass is 19.1. The summed E-state index contributed by atoms with van der Waals surface area (Å²) in [5.41, 5.74) is 1.22. The Hall–Kier alpha value is -2.27. The fourth-order valence-corrected chi connectivity index (χ4v) is 4.80. The maximum atomic E-state index is 13.4. The molecule has 3 atom stereocenters. The number of rotatable bonds is 3. The molecule has 148 valence electrons. The lowest BCUT2D eigenvalue weighted by Crippen LogP contribution is -2.55. The second-order valence-electron chi connectivity index (χ2n) is 8.39. The van der Waals surface area contributed by atoms with Gasteiger partial charge in [-0.1, -0.05) is 32.0 Å². The molecular weight excluding hydrogens is 355 g/mol. The Morgan fingerprint density at radius 3 is 2.71 bits per heavy atom. The summed E-state index contributed by atoms with van der Waals surface area (Å²) in [6.45, 7) is 5.65. The first-order chi connectivity index (χ1) is 13.5. The monoisotopic (exact) mass is 382 g/mol. The molecule has 2 aliphatic rings. The predicted molar refractivity (Wildman–Crippen MR) is 105 cm³/mol. The van der Waals surface area contributed by atoms with Crippen LogP contribution >= 0.6 is 0 Å². The number of hydrogen-bond donors (Lipinski definition) is 0. The predicted octanol–water partition coefficient (Wildman–Crippen LogP) is 4.63. The minimum absolute atomic E-state index is 0.00978. The SMILES string of the molecule is CC(C)[C@@H]1C[C@@]2(CCCN2C(=O)c2ccccn2)CO[C@H]1c1ccc(F)cc1. The van der Waals surface area contributed by atoms with Crippen LogP contribution in [0.5, 0.6) is 0 Å². The maximum absolute atomic E-state index is 13.4. The Morgan fingerprint density at radius 2 is 2.04 bits per heavy atom. The van der Waals surface area contributed by atoms with Gasteiger partial charge in [0.1, 0.15) is 11.5 Å². The van der Waals surface area contributed by atoms with Crippen LogP contribution in [0.2, 0.25) is 0 Å². The van der Waals surface area contributed by atoms with E-state index >= 15 is 0 Å². The Bertz CT molecular complexity index is 824. The van der Waals surface area contributed by atoms with Gasteiger partial charge < -0.3 is 9.64 Å². The molecule has 28 heavy (non-hydrogen) atoms. The van der Waals surface area contributed by atoms with Crippen molar-refractivity contribution >= 4 is 5.91 Å². The summed E-state index contributed by atoms with van der Waals surface area (Å²) in [6.07, 6.45) is 4.41. The van der Waals surface area contributed by atoms with Crippen LogP contribution in [-0.2, 0) is 4.74 Å². The fraction of sp³-hybridized carbons (Fsp3) is 0.478. The average molecular weight is 382 g/mol.